The van der Waals surface area contributed by atoms with Crippen molar-refractivity contribution in [3.63, 3.8) is 0 Å². The Hall–Kier alpha value is -1.63. The van der Waals surface area contributed by atoms with Gasteiger partial charge in [0.1, 0.15) is 5.92 Å². The maximum Gasteiger partial charge on any atom is 0.237 e. The average Bonchev–Trinajstić information content (AvgIpc) is 2.54. The lowest BCUT2D eigenvalue weighted by Crippen LogP contribution is -2.64. The van der Waals surface area contributed by atoms with Gasteiger partial charge < -0.3 is 5.32 Å². The first-order valence-electron chi connectivity index (χ1n) is 9.33. The van der Waals surface area contributed by atoms with Gasteiger partial charge in [0, 0.05) is 12.0 Å². The number of ketones is 1. The molecule has 1 N–H and O–H groups in total. The number of nitriles is 1. The molecule has 6 atom stereocenters. The zero-order valence-corrected chi connectivity index (χ0v) is 14.6. The van der Waals surface area contributed by atoms with Crippen LogP contribution in [0.2, 0.25) is 0 Å². The van der Waals surface area contributed by atoms with E-state index in [-0.39, 0.29) is 22.6 Å². The molecule has 128 valence electrons. The third kappa shape index (κ3) is 2.10. The molecule has 0 aromatic carbocycles. The lowest BCUT2D eigenvalue weighted by Gasteiger charge is -2.60. The van der Waals surface area contributed by atoms with Gasteiger partial charge in [-0.2, -0.15) is 5.26 Å². The van der Waals surface area contributed by atoms with Gasteiger partial charge in [0.15, 0.2) is 5.78 Å². The molecule has 0 aromatic heterocycles. The number of carbonyl (C=O) groups is 2. The third-order valence-corrected chi connectivity index (χ3v) is 7.72. The van der Waals surface area contributed by atoms with Gasteiger partial charge in [-0.25, -0.2) is 0 Å². The van der Waals surface area contributed by atoms with Crippen molar-refractivity contribution in [1.82, 2.24) is 5.32 Å². The fraction of sp³-hybridized carbons (Fsp3) is 0.750. The molecule has 24 heavy (non-hydrogen) atoms. The van der Waals surface area contributed by atoms with Gasteiger partial charge in [0.05, 0.1) is 6.07 Å². The minimum absolute atomic E-state index is 0.0828. The van der Waals surface area contributed by atoms with Crippen molar-refractivity contribution >= 4 is 11.7 Å². The number of nitrogens with one attached hydrogen (secondary N) is 1. The molecule has 1 aliphatic heterocycles. The molecule has 3 aliphatic carbocycles. The van der Waals surface area contributed by atoms with Gasteiger partial charge in [0.25, 0.3) is 0 Å². The molecule has 0 aromatic rings. The summed E-state index contributed by atoms with van der Waals surface area (Å²) in [5, 5.41) is 12.5. The van der Waals surface area contributed by atoms with Crippen molar-refractivity contribution in [2.24, 2.45) is 29.1 Å². The molecule has 0 spiro atoms. The second-order valence-electron chi connectivity index (χ2n) is 8.83. The monoisotopic (exact) mass is 326 g/mol. The topological polar surface area (TPSA) is 70.0 Å². The lowest BCUT2D eigenvalue weighted by molar-refractivity contribution is -0.136. The summed E-state index contributed by atoms with van der Waals surface area (Å²) in [5.74, 6) is 1.22. The molecule has 3 fully saturated rings. The predicted octanol–water partition coefficient (Wildman–Crippen LogP) is 3.14. The Morgan fingerprint density at radius 2 is 1.96 bits per heavy atom. The number of piperidine rings is 1. The molecule has 4 aliphatic rings. The Bertz CT molecular complexity index is 676. The molecule has 4 nitrogen and oxygen atoms in total. The SMILES string of the molecule is C[C@@]12CC[C@H]3[C@@H](CCC4=CC(=O)CC[C@@]43C)[C@H]1C[C@H](C#N)C(=O)N2. The van der Waals surface area contributed by atoms with Gasteiger partial charge in [-0.3, -0.25) is 9.59 Å². The number of hydrogen-bond donors (Lipinski definition) is 1. The molecule has 1 saturated heterocycles. The summed E-state index contributed by atoms with van der Waals surface area (Å²) in [6.45, 7) is 4.53. The summed E-state index contributed by atoms with van der Waals surface area (Å²) in [7, 11) is 0. The molecule has 1 heterocycles. The van der Waals surface area contributed by atoms with E-state index < -0.39 is 5.92 Å². The van der Waals surface area contributed by atoms with Crippen LogP contribution in [0.3, 0.4) is 0 Å². The number of fused-ring (bicyclic) bond motifs is 5. The van der Waals surface area contributed by atoms with Crippen molar-refractivity contribution in [3.8, 4) is 6.07 Å². The first-order valence-corrected chi connectivity index (χ1v) is 9.33. The Morgan fingerprint density at radius 1 is 1.17 bits per heavy atom. The van der Waals surface area contributed by atoms with E-state index in [0.29, 0.717) is 30.6 Å². The summed E-state index contributed by atoms with van der Waals surface area (Å²) in [4.78, 5) is 24.0. The molecule has 4 rings (SSSR count). The number of amides is 1. The molecule has 2 saturated carbocycles. The van der Waals surface area contributed by atoms with E-state index in [0.717, 1.165) is 32.1 Å². The molecule has 1 amide bonds. The predicted molar refractivity (Wildman–Crippen MR) is 89.6 cm³/mol. The lowest BCUT2D eigenvalue weighted by atomic mass is 9.47. The minimum atomic E-state index is -0.500. The Morgan fingerprint density at radius 3 is 2.71 bits per heavy atom. The number of carbonyl (C=O) groups excluding carboxylic acids is 2. The normalized spacial score (nSPS) is 47.5. The number of rotatable bonds is 0. The van der Waals surface area contributed by atoms with E-state index in [1.165, 1.54) is 5.57 Å². The highest BCUT2D eigenvalue weighted by Gasteiger charge is 2.57. The van der Waals surface area contributed by atoms with E-state index >= 15 is 0 Å². The summed E-state index contributed by atoms with van der Waals surface area (Å²) < 4.78 is 0. The van der Waals surface area contributed by atoms with E-state index in [1.807, 2.05) is 6.08 Å². The fourth-order valence-electron chi connectivity index (χ4n) is 6.31. The molecule has 0 radical (unpaired) electrons. The maximum absolute atomic E-state index is 12.2. The van der Waals surface area contributed by atoms with Crippen LogP contribution in [-0.2, 0) is 9.59 Å². The smallest absolute Gasteiger partial charge is 0.237 e. The Kier molecular flexibility index (Phi) is 3.43. The van der Waals surface area contributed by atoms with Crippen LogP contribution in [0, 0.1) is 40.4 Å². The first-order chi connectivity index (χ1) is 11.4. The van der Waals surface area contributed by atoms with Crippen molar-refractivity contribution in [2.75, 3.05) is 0 Å². The molecule has 0 bridgehead atoms. The Labute approximate surface area is 143 Å². The molecular weight excluding hydrogens is 300 g/mol. The number of hydrogen-bond acceptors (Lipinski definition) is 3. The van der Waals surface area contributed by atoms with Crippen molar-refractivity contribution < 1.29 is 9.59 Å². The van der Waals surface area contributed by atoms with Crippen LogP contribution >= 0.6 is 0 Å². The van der Waals surface area contributed by atoms with Crippen LogP contribution in [0.15, 0.2) is 11.6 Å². The molecule has 0 unspecified atom stereocenters. The van der Waals surface area contributed by atoms with Crippen LogP contribution in [0.1, 0.15) is 58.8 Å². The van der Waals surface area contributed by atoms with Gasteiger partial charge in [-0.1, -0.05) is 12.5 Å². The van der Waals surface area contributed by atoms with Crippen LogP contribution in [-0.4, -0.2) is 17.2 Å². The zero-order chi connectivity index (χ0) is 17.1. The molecular formula is C20H26N2O2. The first kappa shape index (κ1) is 15.9. The van der Waals surface area contributed by atoms with Crippen molar-refractivity contribution in [2.45, 2.75) is 64.3 Å². The quantitative estimate of drug-likeness (QED) is 0.743. The van der Waals surface area contributed by atoms with E-state index in [9.17, 15) is 14.9 Å². The van der Waals surface area contributed by atoms with Crippen LogP contribution < -0.4 is 5.32 Å². The zero-order valence-electron chi connectivity index (χ0n) is 14.6. The van der Waals surface area contributed by atoms with Crippen molar-refractivity contribution in [3.05, 3.63) is 11.6 Å². The van der Waals surface area contributed by atoms with Gasteiger partial charge in [-0.15, -0.1) is 0 Å². The van der Waals surface area contributed by atoms with Gasteiger partial charge in [0.2, 0.25) is 5.91 Å². The van der Waals surface area contributed by atoms with E-state index in [4.69, 9.17) is 0 Å². The fourth-order valence-corrected chi connectivity index (χ4v) is 6.31. The second kappa shape index (κ2) is 5.18. The van der Waals surface area contributed by atoms with Crippen LogP contribution in [0.25, 0.3) is 0 Å². The average molecular weight is 326 g/mol. The summed E-state index contributed by atoms with van der Waals surface area (Å²) >= 11 is 0. The standard InChI is InChI=1S/C20H26N2O2/c1-19-7-5-14(23)10-13(19)3-4-15-16(19)6-8-20(2)17(15)9-12(11-21)18(24)22-20/h10,12,15-17H,3-9H2,1-2H3,(H,22,24)/t12-,15-,16+,17-,19+,20-/m1/s1. The highest BCUT2D eigenvalue weighted by atomic mass is 16.2. The highest BCUT2D eigenvalue weighted by Crippen LogP contribution is 2.61. The summed E-state index contributed by atoms with van der Waals surface area (Å²) in [6, 6.07) is 2.20. The Balaban J connectivity index is 1.68. The van der Waals surface area contributed by atoms with E-state index in [1.54, 1.807) is 0 Å². The largest absolute Gasteiger partial charge is 0.350 e. The van der Waals surface area contributed by atoms with Gasteiger partial charge in [-0.05, 0) is 74.7 Å². The minimum Gasteiger partial charge on any atom is -0.350 e. The second-order valence-corrected chi connectivity index (χ2v) is 8.83. The van der Waals surface area contributed by atoms with Crippen molar-refractivity contribution in [1.29, 1.82) is 5.26 Å². The highest BCUT2D eigenvalue weighted by molar-refractivity contribution is 5.91. The maximum atomic E-state index is 12.2. The van der Waals surface area contributed by atoms with Crippen LogP contribution in [0.4, 0.5) is 0 Å². The number of allylic oxidation sites excluding steroid dienone is 2. The summed E-state index contributed by atoms with van der Waals surface area (Å²) in [5.41, 5.74) is 1.34. The summed E-state index contributed by atoms with van der Waals surface area (Å²) in [6.07, 6.45) is 8.45. The molecule has 4 heteroatoms. The third-order valence-electron chi connectivity index (χ3n) is 7.72. The van der Waals surface area contributed by atoms with Crippen LogP contribution in [0.5, 0.6) is 0 Å². The van der Waals surface area contributed by atoms with E-state index in [2.05, 4.69) is 25.2 Å². The van der Waals surface area contributed by atoms with Gasteiger partial charge >= 0.3 is 0 Å². The number of nitrogens with zero attached hydrogens (tertiary/aromatic N) is 1.